The van der Waals surface area contributed by atoms with Gasteiger partial charge in [0.1, 0.15) is 0 Å². The molecule has 106 valence electrons. The second-order valence-corrected chi connectivity index (χ2v) is 4.98. The van der Waals surface area contributed by atoms with Crippen LogP contribution in [-0.4, -0.2) is 18.3 Å². The van der Waals surface area contributed by atoms with Gasteiger partial charge in [0.15, 0.2) is 11.5 Å². The molecule has 2 aromatic carbocycles. The minimum Gasteiger partial charge on any atom is -0.504 e. The van der Waals surface area contributed by atoms with Gasteiger partial charge < -0.3 is 15.2 Å². The molecule has 3 nitrogen and oxygen atoms in total. The van der Waals surface area contributed by atoms with Crippen LogP contribution < -0.4 is 10.1 Å². The molecule has 0 aliphatic heterocycles. The van der Waals surface area contributed by atoms with Gasteiger partial charge in [0, 0.05) is 12.6 Å². The lowest BCUT2D eigenvalue weighted by Crippen LogP contribution is -2.27. The molecule has 0 aromatic heterocycles. The molecular weight excluding hydrogens is 250 g/mol. The Bertz CT molecular complexity index is 540. The number of ether oxygens (including phenoxy) is 1. The van der Waals surface area contributed by atoms with Gasteiger partial charge in [-0.2, -0.15) is 0 Å². The van der Waals surface area contributed by atoms with E-state index in [9.17, 15) is 5.11 Å². The maximum Gasteiger partial charge on any atom is 0.160 e. The molecule has 0 radical (unpaired) electrons. The van der Waals surface area contributed by atoms with Crippen molar-refractivity contribution in [2.24, 2.45) is 0 Å². The SMILES string of the molecule is COc1cc(CN[C@@H](C)Cc2ccccc2)ccc1O. The summed E-state index contributed by atoms with van der Waals surface area (Å²) < 4.78 is 5.11. The van der Waals surface area contributed by atoms with Gasteiger partial charge in [-0.05, 0) is 36.6 Å². The lowest BCUT2D eigenvalue weighted by molar-refractivity contribution is 0.372. The normalized spacial score (nSPS) is 12.1. The molecule has 0 unspecified atom stereocenters. The summed E-state index contributed by atoms with van der Waals surface area (Å²) in [6, 6.07) is 16.3. The molecule has 0 saturated carbocycles. The Kier molecular flexibility index (Phi) is 5.02. The standard InChI is InChI=1S/C17H21NO2/c1-13(10-14-6-4-3-5-7-14)18-12-15-8-9-16(19)17(11-15)20-2/h3-9,11,13,18-19H,10,12H2,1-2H3/t13-/m0/s1. The van der Waals surface area contributed by atoms with Gasteiger partial charge in [-0.25, -0.2) is 0 Å². The highest BCUT2D eigenvalue weighted by atomic mass is 16.5. The summed E-state index contributed by atoms with van der Waals surface area (Å²) in [7, 11) is 1.56. The molecule has 0 bridgehead atoms. The van der Waals surface area contributed by atoms with Crippen molar-refractivity contribution in [2.75, 3.05) is 7.11 Å². The molecule has 0 fully saturated rings. The Balaban J connectivity index is 1.88. The summed E-state index contributed by atoms with van der Waals surface area (Å²) in [5.41, 5.74) is 2.43. The first kappa shape index (κ1) is 14.4. The molecule has 0 aliphatic carbocycles. The van der Waals surface area contributed by atoms with Crippen molar-refractivity contribution in [3.8, 4) is 11.5 Å². The fourth-order valence-electron chi connectivity index (χ4n) is 2.16. The Hall–Kier alpha value is -2.00. The number of hydrogen-bond acceptors (Lipinski definition) is 3. The van der Waals surface area contributed by atoms with Crippen LogP contribution in [0.2, 0.25) is 0 Å². The molecule has 0 spiro atoms. The Labute approximate surface area is 120 Å². The molecular formula is C17H21NO2. The monoisotopic (exact) mass is 271 g/mol. The van der Waals surface area contributed by atoms with E-state index in [-0.39, 0.29) is 5.75 Å². The summed E-state index contributed by atoms with van der Waals surface area (Å²) in [6.45, 7) is 2.93. The summed E-state index contributed by atoms with van der Waals surface area (Å²) in [5, 5.41) is 13.0. The average molecular weight is 271 g/mol. The van der Waals surface area contributed by atoms with Crippen LogP contribution in [0.3, 0.4) is 0 Å². The number of phenolic OH excluding ortho intramolecular Hbond substituents is 1. The van der Waals surface area contributed by atoms with Crippen LogP contribution in [0.25, 0.3) is 0 Å². The summed E-state index contributed by atoms with van der Waals surface area (Å²) in [5.74, 6) is 0.689. The zero-order valence-corrected chi connectivity index (χ0v) is 12.0. The third kappa shape index (κ3) is 4.00. The molecule has 0 heterocycles. The number of hydrogen-bond donors (Lipinski definition) is 2. The number of phenols is 1. The van der Waals surface area contributed by atoms with E-state index in [0.717, 1.165) is 18.5 Å². The third-order valence-electron chi connectivity index (χ3n) is 3.28. The summed E-state index contributed by atoms with van der Waals surface area (Å²) >= 11 is 0. The van der Waals surface area contributed by atoms with Gasteiger partial charge in [-0.3, -0.25) is 0 Å². The van der Waals surface area contributed by atoms with Gasteiger partial charge in [-0.1, -0.05) is 36.4 Å². The lowest BCUT2D eigenvalue weighted by atomic mass is 10.1. The van der Waals surface area contributed by atoms with Crippen LogP contribution in [0.4, 0.5) is 0 Å². The molecule has 0 amide bonds. The topological polar surface area (TPSA) is 41.5 Å². The van der Waals surface area contributed by atoms with E-state index in [1.54, 1.807) is 13.2 Å². The maximum absolute atomic E-state index is 9.56. The van der Waals surface area contributed by atoms with Crippen molar-refractivity contribution < 1.29 is 9.84 Å². The van der Waals surface area contributed by atoms with Crippen molar-refractivity contribution in [2.45, 2.75) is 25.9 Å². The number of methoxy groups -OCH3 is 1. The molecule has 20 heavy (non-hydrogen) atoms. The highest BCUT2D eigenvalue weighted by molar-refractivity contribution is 5.41. The zero-order chi connectivity index (χ0) is 14.4. The average Bonchev–Trinajstić information content (AvgIpc) is 2.47. The van der Waals surface area contributed by atoms with Gasteiger partial charge in [0.25, 0.3) is 0 Å². The Morgan fingerprint density at radius 3 is 2.55 bits per heavy atom. The van der Waals surface area contributed by atoms with E-state index in [1.165, 1.54) is 5.56 Å². The van der Waals surface area contributed by atoms with Crippen molar-refractivity contribution in [3.63, 3.8) is 0 Å². The van der Waals surface area contributed by atoms with Crippen LogP contribution in [0, 0.1) is 0 Å². The predicted molar refractivity (Wildman–Crippen MR) is 81.1 cm³/mol. The largest absolute Gasteiger partial charge is 0.504 e. The molecule has 3 heteroatoms. The number of aromatic hydroxyl groups is 1. The Morgan fingerprint density at radius 2 is 1.85 bits per heavy atom. The smallest absolute Gasteiger partial charge is 0.160 e. The van der Waals surface area contributed by atoms with Crippen molar-refractivity contribution in [1.82, 2.24) is 5.32 Å². The zero-order valence-electron chi connectivity index (χ0n) is 12.0. The molecule has 0 saturated heterocycles. The van der Waals surface area contributed by atoms with E-state index in [4.69, 9.17) is 4.74 Å². The van der Waals surface area contributed by atoms with Crippen LogP contribution in [0.1, 0.15) is 18.1 Å². The highest BCUT2D eigenvalue weighted by Crippen LogP contribution is 2.26. The second kappa shape index (κ2) is 6.96. The van der Waals surface area contributed by atoms with Crippen molar-refractivity contribution in [3.05, 3.63) is 59.7 Å². The second-order valence-electron chi connectivity index (χ2n) is 4.98. The van der Waals surface area contributed by atoms with E-state index in [0.29, 0.717) is 11.8 Å². The first-order valence-corrected chi connectivity index (χ1v) is 6.82. The van der Waals surface area contributed by atoms with E-state index in [2.05, 4.69) is 36.5 Å². The third-order valence-corrected chi connectivity index (χ3v) is 3.28. The number of nitrogens with one attached hydrogen (secondary N) is 1. The van der Waals surface area contributed by atoms with E-state index in [1.807, 2.05) is 18.2 Å². The fraction of sp³-hybridized carbons (Fsp3) is 0.294. The predicted octanol–water partition coefficient (Wildman–Crippen LogP) is 3.12. The van der Waals surface area contributed by atoms with Gasteiger partial charge in [0.05, 0.1) is 7.11 Å². The van der Waals surface area contributed by atoms with Gasteiger partial charge >= 0.3 is 0 Å². The van der Waals surface area contributed by atoms with E-state index < -0.39 is 0 Å². The van der Waals surface area contributed by atoms with E-state index >= 15 is 0 Å². The highest BCUT2D eigenvalue weighted by Gasteiger charge is 2.05. The molecule has 1 atom stereocenters. The first-order chi connectivity index (χ1) is 9.69. The molecule has 2 rings (SSSR count). The van der Waals surface area contributed by atoms with Gasteiger partial charge in [0.2, 0.25) is 0 Å². The lowest BCUT2D eigenvalue weighted by Gasteiger charge is -2.14. The minimum atomic E-state index is 0.175. The van der Waals surface area contributed by atoms with Crippen LogP contribution in [-0.2, 0) is 13.0 Å². The maximum atomic E-state index is 9.56. The summed E-state index contributed by atoms with van der Waals surface area (Å²) in [6.07, 6.45) is 0.996. The summed E-state index contributed by atoms with van der Waals surface area (Å²) in [4.78, 5) is 0. The van der Waals surface area contributed by atoms with Crippen LogP contribution in [0.15, 0.2) is 48.5 Å². The number of rotatable bonds is 6. The van der Waals surface area contributed by atoms with Crippen molar-refractivity contribution in [1.29, 1.82) is 0 Å². The Morgan fingerprint density at radius 1 is 1.10 bits per heavy atom. The fourth-order valence-corrected chi connectivity index (χ4v) is 2.16. The van der Waals surface area contributed by atoms with Crippen LogP contribution in [0.5, 0.6) is 11.5 Å². The minimum absolute atomic E-state index is 0.175. The van der Waals surface area contributed by atoms with Crippen LogP contribution >= 0.6 is 0 Å². The van der Waals surface area contributed by atoms with Crippen molar-refractivity contribution >= 4 is 0 Å². The molecule has 0 aliphatic rings. The molecule has 2 N–H and O–H groups in total. The van der Waals surface area contributed by atoms with Gasteiger partial charge in [-0.15, -0.1) is 0 Å². The molecule has 2 aromatic rings. The first-order valence-electron chi connectivity index (χ1n) is 6.82. The number of benzene rings is 2. The quantitative estimate of drug-likeness (QED) is 0.848.